The van der Waals surface area contributed by atoms with E-state index in [4.69, 9.17) is 10.00 Å². The Labute approximate surface area is 195 Å². The molecular weight excluding hydrogens is 414 g/mol. The molecule has 0 radical (unpaired) electrons. The molecule has 3 rings (SSSR count). The molecule has 0 saturated carbocycles. The molecule has 33 heavy (non-hydrogen) atoms. The van der Waals surface area contributed by atoms with Crippen molar-refractivity contribution in [2.24, 2.45) is 9.98 Å². The van der Waals surface area contributed by atoms with Gasteiger partial charge in [0.05, 0.1) is 12.8 Å². The summed E-state index contributed by atoms with van der Waals surface area (Å²) in [6.45, 7) is 6.28. The highest BCUT2D eigenvalue weighted by atomic mass is 16.5. The third-order valence-corrected chi connectivity index (χ3v) is 5.53. The van der Waals surface area contributed by atoms with Crippen molar-refractivity contribution >= 4 is 23.6 Å². The Balaban J connectivity index is 1.88. The van der Waals surface area contributed by atoms with E-state index in [0.717, 1.165) is 48.3 Å². The molecule has 0 atom stereocenters. The van der Waals surface area contributed by atoms with Crippen molar-refractivity contribution in [3.8, 4) is 17.2 Å². The van der Waals surface area contributed by atoms with E-state index in [1.807, 2.05) is 18.3 Å². The Morgan fingerprint density at radius 3 is 2.70 bits per heavy atom. The van der Waals surface area contributed by atoms with Crippen molar-refractivity contribution in [2.75, 3.05) is 44.9 Å². The summed E-state index contributed by atoms with van der Waals surface area (Å²) in [5.41, 5.74) is 4.36. The second-order valence-corrected chi connectivity index (χ2v) is 8.02. The summed E-state index contributed by atoms with van der Waals surface area (Å²) in [5, 5.41) is 15.8. The topological polar surface area (TPSA) is 97.9 Å². The van der Waals surface area contributed by atoms with Gasteiger partial charge in [-0.1, -0.05) is 30.8 Å². The van der Waals surface area contributed by atoms with Gasteiger partial charge < -0.3 is 20.3 Å². The zero-order chi connectivity index (χ0) is 23.6. The van der Waals surface area contributed by atoms with E-state index in [1.165, 1.54) is 6.21 Å². The van der Waals surface area contributed by atoms with Crippen LogP contribution in [-0.4, -0.2) is 62.3 Å². The van der Waals surface area contributed by atoms with Gasteiger partial charge in [-0.25, -0.2) is 9.98 Å². The molecule has 0 amide bonds. The number of piperidine rings is 1. The van der Waals surface area contributed by atoms with Gasteiger partial charge in [0, 0.05) is 43.7 Å². The monoisotopic (exact) mass is 445 g/mol. The summed E-state index contributed by atoms with van der Waals surface area (Å²) in [6.07, 6.45) is 5.50. The van der Waals surface area contributed by atoms with E-state index in [9.17, 15) is 0 Å². The van der Waals surface area contributed by atoms with Crippen LogP contribution in [0.25, 0.3) is 11.1 Å². The smallest absolute Gasteiger partial charge is 0.145 e. The molecule has 0 aliphatic carbocycles. The Morgan fingerprint density at radius 1 is 1.33 bits per heavy atom. The van der Waals surface area contributed by atoms with Gasteiger partial charge in [-0.05, 0) is 44.1 Å². The van der Waals surface area contributed by atoms with Crippen molar-refractivity contribution in [2.45, 2.75) is 25.5 Å². The molecule has 1 aliphatic heterocycles. The van der Waals surface area contributed by atoms with Crippen LogP contribution in [0.1, 0.15) is 18.4 Å². The van der Waals surface area contributed by atoms with Crippen molar-refractivity contribution in [1.82, 2.24) is 9.88 Å². The van der Waals surface area contributed by atoms with Gasteiger partial charge in [0.1, 0.15) is 23.4 Å². The van der Waals surface area contributed by atoms with Gasteiger partial charge in [-0.3, -0.25) is 4.99 Å². The molecule has 2 aromatic rings. The minimum Gasteiger partial charge on any atom is -0.382 e. The second kappa shape index (κ2) is 11.9. The Morgan fingerprint density at radius 2 is 2.06 bits per heavy atom. The summed E-state index contributed by atoms with van der Waals surface area (Å²) in [4.78, 5) is 15.1. The number of aromatic nitrogens is 1. The Bertz CT molecular complexity index is 1050. The Hall–Kier alpha value is -3.54. The molecule has 1 saturated heterocycles. The molecule has 1 aliphatic rings. The van der Waals surface area contributed by atoms with Crippen LogP contribution in [0, 0.1) is 11.3 Å². The number of nitriles is 1. The van der Waals surface area contributed by atoms with E-state index in [2.05, 4.69) is 68.4 Å². The average Bonchev–Trinajstić information content (AvgIpc) is 2.84. The molecule has 0 unspecified atom stereocenters. The first-order valence-corrected chi connectivity index (χ1v) is 10.9. The molecule has 2 heterocycles. The summed E-state index contributed by atoms with van der Waals surface area (Å²) in [5.74, 6) is 1.13. The number of likely N-dealkylation sites (tertiary alicyclic amines) is 1. The second-order valence-electron chi connectivity index (χ2n) is 8.02. The lowest BCUT2D eigenvalue weighted by molar-refractivity contribution is 0.185. The number of ether oxygens (including phenoxy) is 1. The van der Waals surface area contributed by atoms with Crippen LogP contribution in [0.2, 0.25) is 0 Å². The average molecular weight is 446 g/mol. The fraction of sp³-hybridized carbons (Fsp3) is 0.360. The maximum Gasteiger partial charge on any atom is 0.145 e. The fourth-order valence-corrected chi connectivity index (χ4v) is 3.64. The fourth-order valence-electron chi connectivity index (χ4n) is 3.64. The van der Waals surface area contributed by atoms with Gasteiger partial charge in [0.2, 0.25) is 0 Å². The van der Waals surface area contributed by atoms with E-state index < -0.39 is 0 Å². The predicted octanol–water partition coefficient (Wildman–Crippen LogP) is 3.95. The van der Waals surface area contributed by atoms with Crippen LogP contribution in [-0.2, 0) is 11.3 Å². The summed E-state index contributed by atoms with van der Waals surface area (Å²) < 4.78 is 5.23. The lowest BCUT2D eigenvalue weighted by atomic mass is 10.0. The molecule has 2 N–H and O–H groups in total. The van der Waals surface area contributed by atoms with Gasteiger partial charge in [-0.2, -0.15) is 5.26 Å². The number of nitrogens with zero attached hydrogens (tertiary/aromatic N) is 5. The first kappa shape index (κ1) is 24.1. The SMILES string of the molecule is C=C(C#N)N=CC(=NC)Nc1cc(NC2CCN(C)CC2)c(-c2ccc(COC)cc2)cn1. The van der Waals surface area contributed by atoms with Crippen LogP contribution < -0.4 is 10.6 Å². The van der Waals surface area contributed by atoms with E-state index in [0.29, 0.717) is 24.3 Å². The molecule has 0 spiro atoms. The zero-order valence-corrected chi connectivity index (χ0v) is 19.5. The van der Waals surface area contributed by atoms with Crippen LogP contribution in [0.4, 0.5) is 11.5 Å². The lowest BCUT2D eigenvalue weighted by Gasteiger charge is -2.31. The standard InChI is InChI=1S/C25H31N7O/c1-18(14-26)28-16-25(27-2)31-24-13-23(30-21-9-11-32(3)12-10-21)22(15-29-24)20-7-5-19(6-8-20)17-33-4/h5-8,13,15-16,21H,1,9-12,17H2,2-4H3,(H2,27,29,30,31). The molecule has 1 aromatic carbocycles. The number of rotatable bonds is 8. The number of allylic oxidation sites excluding steroid dienone is 1. The number of aliphatic imine (C=N–C) groups is 2. The number of anilines is 2. The molecule has 172 valence electrons. The molecule has 0 bridgehead atoms. The van der Waals surface area contributed by atoms with Crippen molar-refractivity contribution < 1.29 is 4.74 Å². The molecule has 8 heteroatoms. The van der Waals surface area contributed by atoms with E-state index in [1.54, 1.807) is 14.2 Å². The quantitative estimate of drug-likeness (QED) is 0.363. The largest absolute Gasteiger partial charge is 0.382 e. The van der Waals surface area contributed by atoms with E-state index >= 15 is 0 Å². The van der Waals surface area contributed by atoms with Crippen LogP contribution in [0.3, 0.4) is 0 Å². The van der Waals surface area contributed by atoms with Crippen molar-refractivity contribution in [3.05, 3.63) is 54.4 Å². The summed E-state index contributed by atoms with van der Waals surface area (Å²) in [6, 6.07) is 12.6. The third kappa shape index (κ3) is 6.97. The normalized spacial score (nSPS) is 15.4. The van der Waals surface area contributed by atoms with Gasteiger partial charge in [0.25, 0.3) is 0 Å². The zero-order valence-electron chi connectivity index (χ0n) is 19.5. The van der Waals surface area contributed by atoms with Crippen LogP contribution in [0.5, 0.6) is 0 Å². The number of hydrogen-bond donors (Lipinski definition) is 2. The van der Waals surface area contributed by atoms with Gasteiger partial charge in [-0.15, -0.1) is 0 Å². The molecule has 1 fully saturated rings. The number of pyridine rings is 1. The number of nitrogens with one attached hydrogen (secondary N) is 2. The number of methoxy groups -OCH3 is 1. The predicted molar refractivity (Wildman–Crippen MR) is 135 cm³/mol. The van der Waals surface area contributed by atoms with Crippen molar-refractivity contribution in [3.63, 3.8) is 0 Å². The number of benzene rings is 1. The van der Waals surface area contributed by atoms with Gasteiger partial charge in [0.15, 0.2) is 0 Å². The van der Waals surface area contributed by atoms with E-state index in [-0.39, 0.29) is 5.70 Å². The van der Waals surface area contributed by atoms with Crippen LogP contribution >= 0.6 is 0 Å². The highest BCUT2D eigenvalue weighted by Gasteiger charge is 2.18. The number of amidine groups is 1. The summed E-state index contributed by atoms with van der Waals surface area (Å²) in [7, 11) is 5.50. The van der Waals surface area contributed by atoms with Gasteiger partial charge >= 0.3 is 0 Å². The van der Waals surface area contributed by atoms with Crippen molar-refractivity contribution in [1.29, 1.82) is 5.26 Å². The maximum absolute atomic E-state index is 8.85. The molecular formula is C25H31N7O. The number of hydrogen-bond acceptors (Lipinski definition) is 7. The first-order chi connectivity index (χ1) is 16.0. The minimum absolute atomic E-state index is 0.114. The highest BCUT2D eigenvalue weighted by Crippen LogP contribution is 2.31. The first-order valence-electron chi connectivity index (χ1n) is 10.9. The highest BCUT2D eigenvalue weighted by molar-refractivity contribution is 6.34. The molecule has 1 aromatic heterocycles. The third-order valence-electron chi connectivity index (χ3n) is 5.53. The lowest BCUT2D eigenvalue weighted by Crippen LogP contribution is -2.36. The van der Waals surface area contributed by atoms with Crippen LogP contribution in [0.15, 0.2) is 58.8 Å². The minimum atomic E-state index is 0.114. The Kier molecular flexibility index (Phi) is 8.70. The maximum atomic E-state index is 8.85. The summed E-state index contributed by atoms with van der Waals surface area (Å²) >= 11 is 0. The molecule has 8 nitrogen and oxygen atoms in total.